The summed E-state index contributed by atoms with van der Waals surface area (Å²) in [7, 11) is 0. The highest BCUT2D eigenvalue weighted by Crippen LogP contribution is 2.35. The number of anilines is 4. The van der Waals surface area contributed by atoms with Crippen LogP contribution in [0.4, 0.5) is 28.4 Å². The van der Waals surface area contributed by atoms with Gasteiger partial charge in [-0.3, -0.25) is 30.3 Å². The Hall–Kier alpha value is -9.36. The number of nitrogens with zero attached hydrogens (tertiary/aromatic N) is 6. The summed E-state index contributed by atoms with van der Waals surface area (Å²) in [4.78, 5) is 39.5. The van der Waals surface area contributed by atoms with Crippen molar-refractivity contribution in [3.63, 3.8) is 0 Å². The normalized spacial score (nSPS) is 15.0. The predicted molar refractivity (Wildman–Crippen MR) is 310 cm³/mol. The van der Waals surface area contributed by atoms with Crippen molar-refractivity contribution < 1.29 is 14.8 Å². The summed E-state index contributed by atoms with van der Waals surface area (Å²) in [5, 5.41) is 42.5. The number of aromatic nitrogens is 1. The van der Waals surface area contributed by atoms with Crippen LogP contribution in [-0.2, 0) is 19.3 Å². The van der Waals surface area contributed by atoms with E-state index in [1.54, 1.807) is 49.4 Å². The van der Waals surface area contributed by atoms with Crippen molar-refractivity contribution in [2.24, 2.45) is 0 Å². The molecule has 13 heteroatoms. The molecular weight excluding hydrogens is 951 g/mol. The SMILES string of the molecule is C=CC=CC(/C=C(\C)[N+](=O)[O-])N(/C(C)=C/c1ccccc1CC)c1cccc(-n2c3c(c4cc(N(c5ccc6c(c5)C/C=C\C=CC6)C(C)/C=C(\C=C/C)[N+](=O)[O-])ccc42)=CCC(Nc2cccc([N+](=O)[O-])c2)=CC=3)c1. The van der Waals surface area contributed by atoms with Gasteiger partial charge in [0.05, 0.1) is 37.7 Å². The molecule has 2 aliphatic carbocycles. The Morgan fingerprint density at radius 1 is 0.803 bits per heavy atom. The van der Waals surface area contributed by atoms with Gasteiger partial charge in [0, 0.05) is 94.1 Å². The Morgan fingerprint density at radius 2 is 1.55 bits per heavy atom. The Bertz CT molecular complexity index is 3630. The van der Waals surface area contributed by atoms with Crippen molar-refractivity contribution >= 4 is 57.6 Å². The number of nitro groups is 3. The molecule has 0 saturated carbocycles. The molecule has 8 rings (SSSR count). The fourth-order valence-corrected chi connectivity index (χ4v) is 9.95. The zero-order chi connectivity index (χ0) is 53.9. The molecule has 0 spiro atoms. The van der Waals surface area contributed by atoms with Crippen LogP contribution in [0.25, 0.3) is 34.8 Å². The predicted octanol–water partition coefficient (Wildman–Crippen LogP) is 13.7. The number of non-ortho nitro benzene ring substituents is 1. The molecular formula is C63H61N7O6. The average Bonchev–Trinajstić information content (AvgIpc) is 3.59. The fraction of sp³-hybridized carbons (Fsp3) is 0.175. The van der Waals surface area contributed by atoms with Crippen molar-refractivity contribution in [1.29, 1.82) is 0 Å². The molecule has 0 fully saturated rings. The summed E-state index contributed by atoms with van der Waals surface area (Å²) in [6, 6.07) is 34.4. The number of hydrogen-bond acceptors (Lipinski definition) is 9. The van der Waals surface area contributed by atoms with Gasteiger partial charge in [-0.25, -0.2) is 0 Å². The van der Waals surface area contributed by atoms with Crippen LogP contribution in [-0.4, -0.2) is 31.4 Å². The lowest BCUT2D eigenvalue weighted by Crippen LogP contribution is -2.32. The zero-order valence-electron chi connectivity index (χ0n) is 43.4. The molecule has 0 radical (unpaired) electrons. The van der Waals surface area contributed by atoms with Gasteiger partial charge in [0.25, 0.3) is 11.4 Å². The number of hydrogen-bond donors (Lipinski definition) is 1. The molecule has 76 heavy (non-hydrogen) atoms. The van der Waals surface area contributed by atoms with Crippen LogP contribution in [0.3, 0.4) is 0 Å². The van der Waals surface area contributed by atoms with Crippen LogP contribution in [0.5, 0.6) is 0 Å². The van der Waals surface area contributed by atoms with Gasteiger partial charge in [-0.1, -0.05) is 111 Å². The second-order valence-corrected chi connectivity index (χ2v) is 18.6. The molecule has 1 heterocycles. The Balaban J connectivity index is 1.37. The van der Waals surface area contributed by atoms with Crippen LogP contribution in [0.2, 0.25) is 0 Å². The van der Waals surface area contributed by atoms with Crippen molar-refractivity contribution in [1.82, 2.24) is 4.57 Å². The molecule has 0 aliphatic heterocycles. The van der Waals surface area contributed by atoms with Gasteiger partial charge in [0.1, 0.15) is 0 Å². The van der Waals surface area contributed by atoms with Crippen LogP contribution in [0.1, 0.15) is 63.3 Å². The molecule has 0 amide bonds. The summed E-state index contributed by atoms with van der Waals surface area (Å²) in [6.45, 7) is 13.3. The minimum absolute atomic E-state index is 0.00351. The molecule has 5 aromatic carbocycles. The van der Waals surface area contributed by atoms with Crippen LogP contribution >= 0.6 is 0 Å². The maximum absolute atomic E-state index is 12.4. The van der Waals surface area contributed by atoms with Crippen molar-refractivity contribution in [2.75, 3.05) is 15.1 Å². The Labute approximate surface area is 443 Å². The van der Waals surface area contributed by atoms with Crippen molar-refractivity contribution in [2.45, 2.75) is 72.4 Å². The second kappa shape index (κ2) is 24.1. The number of nitro benzene ring substituents is 1. The first-order valence-electron chi connectivity index (χ1n) is 25.3. The highest BCUT2D eigenvalue weighted by molar-refractivity contribution is 5.89. The highest BCUT2D eigenvalue weighted by Gasteiger charge is 2.24. The number of aryl methyl sites for hydroxylation is 1. The third kappa shape index (κ3) is 12.0. The second-order valence-electron chi connectivity index (χ2n) is 18.6. The van der Waals surface area contributed by atoms with Gasteiger partial charge in [-0.2, -0.15) is 0 Å². The van der Waals surface area contributed by atoms with E-state index in [2.05, 4.69) is 130 Å². The van der Waals surface area contributed by atoms with Crippen molar-refractivity contribution in [3.05, 3.63) is 275 Å². The lowest BCUT2D eigenvalue weighted by atomic mass is 9.98. The van der Waals surface area contributed by atoms with E-state index in [0.717, 1.165) is 86.0 Å². The van der Waals surface area contributed by atoms with E-state index < -0.39 is 17.0 Å². The first-order valence-corrected chi connectivity index (χ1v) is 25.3. The Morgan fingerprint density at radius 3 is 2.29 bits per heavy atom. The monoisotopic (exact) mass is 1010 g/mol. The first-order chi connectivity index (χ1) is 36.8. The number of rotatable bonds is 19. The first kappa shape index (κ1) is 52.9. The summed E-state index contributed by atoms with van der Waals surface area (Å²) >= 11 is 0. The molecule has 1 N–H and O–H groups in total. The third-order valence-corrected chi connectivity index (χ3v) is 13.5. The maximum atomic E-state index is 12.4. The van der Waals surface area contributed by atoms with E-state index in [-0.39, 0.29) is 26.9 Å². The molecule has 13 nitrogen and oxygen atoms in total. The average molecular weight is 1010 g/mol. The van der Waals surface area contributed by atoms with E-state index in [1.165, 1.54) is 36.3 Å². The minimum atomic E-state index is -0.592. The van der Waals surface area contributed by atoms with E-state index in [1.807, 2.05) is 56.3 Å². The topological polar surface area (TPSA) is 153 Å². The standard InChI is InChI=1S/C63H61N7O6/c1-7-10-25-53(39-46(6)68(71)72)65(44(4)37-49-23-16-15-20-47(49)9-3)54-26-18-27-55(42-54)67-62-35-31-51(64-52-24-17-28-59(41-52)70(75)76)30-34-60(62)61-43-57(33-36-63(61)67)66(45(5)38-58(19-8-2)69(73)74)56-32-29-48-21-13-11-12-14-22-50(48)40-56/h7-8,10-20,23-29,31-43,45,53,64H,1,9,21-22,30H2,2-6H3/b13-11?,14-12-,19-8-,25-10?,44-37+,46-39+,58-38+. The zero-order valence-corrected chi connectivity index (χ0v) is 43.4. The maximum Gasteiger partial charge on any atom is 0.271 e. The lowest BCUT2D eigenvalue weighted by Gasteiger charge is -2.31. The van der Waals surface area contributed by atoms with Gasteiger partial charge in [-0.15, -0.1) is 0 Å². The fourth-order valence-electron chi connectivity index (χ4n) is 9.95. The molecule has 1 aromatic heterocycles. The molecule has 0 saturated heterocycles. The van der Waals surface area contributed by atoms with Gasteiger partial charge >= 0.3 is 0 Å². The summed E-state index contributed by atoms with van der Waals surface area (Å²) in [5.74, 6) is 0. The molecule has 6 aromatic rings. The van der Waals surface area contributed by atoms with Crippen LogP contribution in [0.15, 0.2) is 211 Å². The summed E-state index contributed by atoms with van der Waals surface area (Å²) in [5.41, 5.74) is 11.0. The number of nitrogens with one attached hydrogen (secondary N) is 1. The number of allylic oxidation sites excluding steroid dienone is 12. The van der Waals surface area contributed by atoms with Gasteiger partial charge < -0.3 is 19.7 Å². The molecule has 0 bridgehead atoms. The summed E-state index contributed by atoms with van der Waals surface area (Å²) in [6.07, 6.45) is 31.4. The molecule has 2 aliphatic rings. The van der Waals surface area contributed by atoms with E-state index >= 15 is 0 Å². The minimum Gasteiger partial charge on any atom is -0.358 e. The van der Waals surface area contributed by atoms with Gasteiger partial charge in [0.15, 0.2) is 0 Å². The largest absolute Gasteiger partial charge is 0.358 e. The third-order valence-electron chi connectivity index (χ3n) is 13.5. The van der Waals surface area contributed by atoms with E-state index in [9.17, 15) is 30.3 Å². The molecule has 2 atom stereocenters. The number of fused-ring (bicyclic) bond motifs is 4. The highest BCUT2D eigenvalue weighted by atomic mass is 16.6. The van der Waals surface area contributed by atoms with E-state index in [4.69, 9.17) is 0 Å². The molecule has 2 unspecified atom stereocenters. The summed E-state index contributed by atoms with van der Waals surface area (Å²) < 4.78 is 2.20. The van der Waals surface area contributed by atoms with Gasteiger partial charge in [0.2, 0.25) is 5.70 Å². The number of benzene rings is 5. The van der Waals surface area contributed by atoms with Gasteiger partial charge in [-0.05, 0) is 135 Å². The van der Waals surface area contributed by atoms with Crippen molar-refractivity contribution in [3.8, 4) is 5.69 Å². The molecule has 384 valence electrons. The lowest BCUT2D eigenvalue weighted by molar-refractivity contribution is -0.424. The Kier molecular flexibility index (Phi) is 16.8. The quantitative estimate of drug-likeness (QED) is 0.0474. The van der Waals surface area contributed by atoms with E-state index in [0.29, 0.717) is 12.1 Å². The smallest absolute Gasteiger partial charge is 0.271 e. The van der Waals surface area contributed by atoms with Crippen LogP contribution < -0.4 is 25.7 Å². The van der Waals surface area contributed by atoms with Crippen LogP contribution in [0, 0.1) is 30.3 Å².